The van der Waals surface area contributed by atoms with Gasteiger partial charge in [0.1, 0.15) is 0 Å². The fraction of sp³-hybridized carbons (Fsp3) is 0.222. The normalized spacial score (nSPS) is 11.4. The van der Waals surface area contributed by atoms with E-state index in [1.54, 1.807) is 22.7 Å². The molecule has 0 atom stereocenters. The van der Waals surface area contributed by atoms with Gasteiger partial charge in [0.2, 0.25) is 0 Å². The maximum absolute atomic E-state index is 4.66. The van der Waals surface area contributed by atoms with Crippen molar-refractivity contribution in [1.82, 2.24) is 9.97 Å². The van der Waals surface area contributed by atoms with Crippen LogP contribution in [0.5, 0.6) is 0 Å². The van der Waals surface area contributed by atoms with E-state index in [1.807, 2.05) is 0 Å². The molecule has 0 unspecified atom stereocenters. The van der Waals surface area contributed by atoms with E-state index in [1.165, 1.54) is 20.5 Å². The number of nitrogens with one attached hydrogen (secondary N) is 1. The predicted molar refractivity (Wildman–Crippen MR) is 101 cm³/mol. The van der Waals surface area contributed by atoms with Crippen molar-refractivity contribution in [2.75, 3.05) is 5.32 Å². The van der Waals surface area contributed by atoms with Gasteiger partial charge in [0, 0.05) is 0 Å². The number of aromatic nitrogens is 2. The molecule has 116 valence electrons. The van der Waals surface area contributed by atoms with Crippen molar-refractivity contribution in [2.45, 2.75) is 26.7 Å². The van der Waals surface area contributed by atoms with Crippen LogP contribution in [0.15, 0.2) is 36.4 Å². The monoisotopic (exact) mass is 339 g/mol. The van der Waals surface area contributed by atoms with Crippen LogP contribution in [-0.2, 0) is 12.8 Å². The summed E-state index contributed by atoms with van der Waals surface area (Å²) in [5.74, 6) is 0. The lowest BCUT2D eigenvalue weighted by Crippen LogP contribution is -1.87. The van der Waals surface area contributed by atoms with Crippen molar-refractivity contribution in [3.63, 3.8) is 0 Å². The quantitative estimate of drug-likeness (QED) is 0.512. The number of aryl methyl sites for hydroxylation is 2. The van der Waals surface area contributed by atoms with Crippen molar-refractivity contribution in [3.8, 4) is 0 Å². The molecule has 0 amide bonds. The molecule has 2 aromatic carbocycles. The zero-order chi connectivity index (χ0) is 15.8. The van der Waals surface area contributed by atoms with Crippen molar-refractivity contribution < 1.29 is 0 Å². The Balaban J connectivity index is 1.66. The number of thiazole rings is 2. The van der Waals surface area contributed by atoms with Crippen LogP contribution in [0.25, 0.3) is 20.4 Å². The Morgan fingerprint density at radius 1 is 0.783 bits per heavy atom. The molecule has 0 radical (unpaired) electrons. The molecule has 23 heavy (non-hydrogen) atoms. The third kappa shape index (κ3) is 2.82. The highest BCUT2D eigenvalue weighted by Crippen LogP contribution is 2.33. The molecule has 0 fully saturated rings. The third-order valence-corrected chi connectivity index (χ3v) is 5.80. The molecule has 0 saturated heterocycles. The first-order valence-corrected chi connectivity index (χ1v) is 9.44. The van der Waals surface area contributed by atoms with E-state index in [0.717, 1.165) is 34.1 Å². The maximum Gasteiger partial charge on any atom is 0.190 e. The molecule has 0 aliphatic heterocycles. The van der Waals surface area contributed by atoms with Gasteiger partial charge < -0.3 is 5.32 Å². The maximum atomic E-state index is 4.66. The van der Waals surface area contributed by atoms with Crippen LogP contribution in [0.4, 0.5) is 10.3 Å². The van der Waals surface area contributed by atoms with Crippen LogP contribution in [0, 0.1) is 0 Å². The molecule has 0 aliphatic carbocycles. The fourth-order valence-electron chi connectivity index (χ4n) is 2.58. The summed E-state index contributed by atoms with van der Waals surface area (Å²) < 4.78 is 2.45. The Bertz CT molecular complexity index is 904. The number of nitrogens with zero attached hydrogens (tertiary/aromatic N) is 2. The summed E-state index contributed by atoms with van der Waals surface area (Å²) in [5.41, 5.74) is 4.78. The first-order valence-electron chi connectivity index (χ1n) is 7.81. The smallest absolute Gasteiger partial charge is 0.190 e. The number of benzene rings is 2. The Hall–Kier alpha value is -1.98. The molecular formula is C18H17N3S2. The molecule has 0 saturated carbocycles. The minimum Gasteiger partial charge on any atom is -0.307 e. The van der Waals surface area contributed by atoms with E-state index in [4.69, 9.17) is 0 Å². The van der Waals surface area contributed by atoms with Gasteiger partial charge in [-0.25, -0.2) is 9.97 Å². The molecule has 3 nitrogen and oxygen atoms in total. The van der Waals surface area contributed by atoms with Crippen LogP contribution in [0.3, 0.4) is 0 Å². The number of hydrogen-bond donors (Lipinski definition) is 1. The zero-order valence-electron chi connectivity index (χ0n) is 13.1. The number of anilines is 2. The van der Waals surface area contributed by atoms with Gasteiger partial charge in [0.05, 0.1) is 20.4 Å². The number of hydrogen-bond acceptors (Lipinski definition) is 5. The van der Waals surface area contributed by atoms with Crippen LogP contribution in [-0.4, -0.2) is 9.97 Å². The van der Waals surface area contributed by atoms with Crippen LogP contribution in [0.2, 0.25) is 0 Å². The lowest BCUT2D eigenvalue weighted by molar-refractivity contribution is 1.15. The molecule has 0 bridgehead atoms. The summed E-state index contributed by atoms with van der Waals surface area (Å²) in [6, 6.07) is 12.9. The molecule has 1 N–H and O–H groups in total. The van der Waals surface area contributed by atoms with Gasteiger partial charge in [0.25, 0.3) is 0 Å². The van der Waals surface area contributed by atoms with Crippen LogP contribution in [0.1, 0.15) is 25.0 Å². The predicted octanol–water partition coefficient (Wildman–Crippen LogP) is 5.77. The topological polar surface area (TPSA) is 37.8 Å². The second-order valence-corrected chi connectivity index (χ2v) is 7.54. The largest absolute Gasteiger partial charge is 0.307 e. The van der Waals surface area contributed by atoms with E-state index >= 15 is 0 Å². The second-order valence-electron chi connectivity index (χ2n) is 5.47. The number of fused-ring (bicyclic) bond motifs is 2. The van der Waals surface area contributed by atoms with E-state index < -0.39 is 0 Å². The molecular weight excluding hydrogens is 322 g/mol. The summed E-state index contributed by atoms with van der Waals surface area (Å²) in [5, 5.41) is 5.18. The first-order chi connectivity index (χ1) is 11.2. The molecule has 0 spiro atoms. The molecule has 2 heterocycles. The van der Waals surface area contributed by atoms with Gasteiger partial charge in [-0.3, -0.25) is 0 Å². The van der Waals surface area contributed by atoms with Crippen molar-refractivity contribution in [2.24, 2.45) is 0 Å². The summed E-state index contributed by atoms with van der Waals surface area (Å²) in [6.45, 7) is 4.35. The lowest BCUT2D eigenvalue weighted by atomic mass is 10.2. The van der Waals surface area contributed by atoms with Crippen molar-refractivity contribution in [3.05, 3.63) is 47.5 Å². The van der Waals surface area contributed by atoms with Crippen molar-refractivity contribution >= 4 is 53.4 Å². The SMILES string of the molecule is CCc1ccc2nc(Nc3nc4ccc(CC)cc4s3)sc2c1. The lowest BCUT2D eigenvalue weighted by Gasteiger charge is -1.93. The number of rotatable bonds is 4. The van der Waals surface area contributed by atoms with Gasteiger partial charge in [0.15, 0.2) is 10.3 Å². The Labute approximate surface area is 143 Å². The first kappa shape index (κ1) is 14.6. The summed E-state index contributed by atoms with van der Waals surface area (Å²) in [4.78, 5) is 9.32. The Morgan fingerprint density at radius 3 is 1.70 bits per heavy atom. The van der Waals surface area contributed by atoms with E-state index in [2.05, 4.69) is 65.5 Å². The third-order valence-electron chi connectivity index (χ3n) is 3.94. The van der Waals surface area contributed by atoms with Gasteiger partial charge in [-0.05, 0) is 48.2 Å². The zero-order valence-corrected chi connectivity index (χ0v) is 14.7. The molecule has 5 heteroatoms. The summed E-state index contributed by atoms with van der Waals surface area (Å²) in [7, 11) is 0. The van der Waals surface area contributed by atoms with Crippen LogP contribution < -0.4 is 5.32 Å². The average Bonchev–Trinajstić information content (AvgIpc) is 3.15. The average molecular weight is 339 g/mol. The van der Waals surface area contributed by atoms with E-state index in [-0.39, 0.29) is 0 Å². The van der Waals surface area contributed by atoms with Gasteiger partial charge in [-0.15, -0.1) is 0 Å². The Kier molecular flexibility index (Phi) is 3.75. The molecule has 4 rings (SSSR count). The summed E-state index contributed by atoms with van der Waals surface area (Å²) >= 11 is 3.37. The molecule has 0 aliphatic rings. The molecule has 4 aromatic rings. The minimum absolute atomic E-state index is 0.906. The van der Waals surface area contributed by atoms with Gasteiger partial charge in [-0.1, -0.05) is 48.7 Å². The Morgan fingerprint density at radius 2 is 1.26 bits per heavy atom. The second kappa shape index (κ2) is 5.91. The minimum atomic E-state index is 0.906. The highest BCUT2D eigenvalue weighted by molar-refractivity contribution is 7.24. The van der Waals surface area contributed by atoms with Crippen molar-refractivity contribution in [1.29, 1.82) is 0 Å². The van der Waals surface area contributed by atoms with E-state index in [9.17, 15) is 0 Å². The van der Waals surface area contributed by atoms with Crippen LogP contribution >= 0.6 is 22.7 Å². The highest BCUT2D eigenvalue weighted by Gasteiger charge is 2.08. The highest BCUT2D eigenvalue weighted by atomic mass is 32.1. The molecule has 2 aromatic heterocycles. The fourth-order valence-corrected chi connectivity index (χ4v) is 4.50. The van der Waals surface area contributed by atoms with Gasteiger partial charge >= 0.3 is 0 Å². The van der Waals surface area contributed by atoms with Gasteiger partial charge in [-0.2, -0.15) is 0 Å². The summed E-state index contributed by atoms with van der Waals surface area (Å²) in [6.07, 6.45) is 2.10. The standard InChI is InChI=1S/C18H17N3S2/c1-3-11-5-7-13-15(9-11)22-17(19-13)21-18-20-14-8-6-12(4-2)10-16(14)23-18/h5-10H,3-4H2,1-2H3,(H,19,20,21). The van der Waals surface area contributed by atoms with E-state index in [0.29, 0.717) is 0 Å².